The van der Waals surface area contributed by atoms with E-state index in [0.29, 0.717) is 28.5 Å². The highest BCUT2D eigenvalue weighted by molar-refractivity contribution is 6.30. The van der Waals surface area contributed by atoms with Gasteiger partial charge in [0.1, 0.15) is 17.4 Å². The van der Waals surface area contributed by atoms with Crippen molar-refractivity contribution in [1.82, 2.24) is 0 Å². The van der Waals surface area contributed by atoms with E-state index in [4.69, 9.17) is 21.1 Å². The van der Waals surface area contributed by atoms with Gasteiger partial charge in [-0.1, -0.05) is 54.1 Å². The fourth-order valence-corrected chi connectivity index (χ4v) is 5.42. The Morgan fingerprint density at radius 2 is 1.79 bits per heavy atom. The van der Waals surface area contributed by atoms with Crippen molar-refractivity contribution in [3.05, 3.63) is 94.5 Å². The predicted molar refractivity (Wildman–Crippen MR) is 121 cm³/mol. The maximum Gasteiger partial charge on any atom is 0.314 e. The molecule has 4 atom stereocenters. The summed E-state index contributed by atoms with van der Waals surface area (Å²) in [6.07, 6.45) is 0. The normalized spacial score (nSPS) is 27.5. The van der Waals surface area contributed by atoms with E-state index in [9.17, 15) is 19.8 Å². The molecule has 33 heavy (non-hydrogen) atoms. The number of carboxylic acids is 1. The van der Waals surface area contributed by atoms with Crippen molar-refractivity contribution in [3.8, 4) is 11.5 Å². The number of carboxylic acid groups (broad SMARTS) is 1. The zero-order chi connectivity index (χ0) is 23.4. The van der Waals surface area contributed by atoms with Crippen LogP contribution in [0.3, 0.4) is 0 Å². The van der Waals surface area contributed by atoms with Gasteiger partial charge in [0.25, 0.3) is 0 Å². The molecule has 0 aromatic heterocycles. The highest BCUT2D eigenvalue weighted by Gasteiger charge is 2.77. The Labute approximate surface area is 195 Å². The molecule has 168 valence electrons. The molecule has 0 radical (unpaired) electrons. The zero-order valence-electron chi connectivity index (χ0n) is 17.7. The Kier molecular flexibility index (Phi) is 4.96. The van der Waals surface area contributed by atoms with Crippen LogP contribution < -0.4 is 9.47 Å². The summed E-state index contributed by atoms with van der Waals surface area (Å²) in [5.41, 5.74) is -2.71. The van der Waals surface area contributed by atoms with Crippen LogP contribution in [0.1, 0.15) is 29.5 Å². The number of ether oxygens (including phenoxy) is 2. The van der Waals surface area contributed by atoms with Crippen molar-refractivity contribution in [2.45, 2.75) is 24.0 Å². The molecule has 0 amide bonds. The molecule has 0 bridgehead atoms. The molecule has 1 heterocycles. The topological polar surface area (TPSA) is 93.1 Å². The maximum absolute atomic E-state index is 13.8. The zero-order valence-corrected chi connectivity index (χ0v) is 18.5. The van der Waals surface area contributed by atoms with Crippen LogP contribution in [0, 0.1) is 5.92 Å². The molecular weight excluding hydrogens is 444 g/mol. The number of fused-ring (bicyclic) bond motifs is 3. The second-order valence-electron chi connectivity index (χ2n) is 8.21. The summed E-state index contributed by atoms with van der Waals surface area (Å²) < 4.78 is 12.1. The number of hydrogen-bond donors (Lipinski definition) is 2. The van der Waals surface area contributed by atoms with Crippen LogP contribution in [0.25, 0.3) is 0 Å². The smallest absolute Gasteiger partial charge is 0.314 e. The van der Waals surface area contributed by atoms with Gasteiger partial charge in [-0.05, 0) is 42.3 Å². The van der Waals surface area contributed by atoms with Gasteiger partial charge in [0.15, 0.2) is 17.0 Å². The van der Waals surface area contributed by atoms with Crippen molar-refractivity contribution in [1.29, 1.82) is 0 Å². The monoisotopic (exact) mass is 464 g/mol. The highest BCUT2D eigenvalue weighted by Crippen LogP contribution is 2.67. The van der Waals surface area contributed by atoms with Gasteiger partial charge >= 0.3 is 5.97 Å². The van der Waals surface area contributed by atoms with Crippen molar-refractivity contribution in [2.75, 3.05) is 6.61 Å². The van der Waals surface area contributed by atoms with Gasteiger partial charge in [-0.3, -0.25) is 9.59 Å². The lowest BCUT2D eigenvalue weighted by atomic mass is 9.71. The first-order chi connectivity index (χ1) is 15.8. The van der Waals surface area contributed by atoms with Crippen LogP contribution in [0.15, 0.2) is 72.8 Å². The molecule has 1 aliphatic carbocycles. The van der Waals surface area contributed by atoms with E-state index in [1.165, 1.54) is 0 Å². The van der Waals surface area contributed by atoms with E-state index in [2.05, 4.69) is 0 Å². The van der Waals surface area contributed by atoms with Crippen molar-refractivity contribution in [2.24, 2.45) is 5.92 Å². The van der Waals surface area contributed by atoms with Gasteiger partial charge in [-0.25, -0.2) is 0 Å². The van der Waals surface area contributed by atoms with Crippen LogP contribution in [0.4, 0.5) is 0 Å². The molecular formula is C26H21ClO6. The average molecular weight is 465 g/mol. The minimum absolute atomic E-state index is 0.218. The minimum atomic E-state index is -2.23. The molecule has 1 aliphatic heterocycles. The summed E-state index contributed by atoms with van der Waals surface area (Å²) in [7, 11) is 0. The molecule has 4 unspecified atom stereocenters. The molecule has 0 spiro atoms. The summed E-state index contributed by atoms with van der Waals surface area (Å²) in [6, 6.07) is 20.2. The summed E-state index contributed by atoms with van der Waals surface area (Å²) in [5, 5.41) is 22.8. The molecule has 1 fully saturated rings. The highest BCUT2D eigenvalue weighted by atomic mass is 35.5. The van der Waals surface area contributed by atoms with Crippen LogP contribution in [-0.2, 0) is 20.8 Å². The third-order valence-electron chi connectivity index (χ3n) is 6.57. The van der Waals surface area contributed by atoms with E-state index in [-0.39, 0.29) is 11.3 Å². The summed E-state index contributed by atoms with van der Waals surface area (Å²) in [4.78, 5) is 26.2. The molecule has 3 aromatic rings. The standard InChI is InChI=1S/C26H21ClO6/c1-2-32-18-12-13-19-20(14-18)33-26(16-8-10-17(27)11-9-16)22(15-6-4-3-5-7-15)21(24(29)30)23(28)25(19,26)31/h3-14,21-22,31H,2H2,1H3,(H,29,30). The first-order valence-electron chi connectivity index (χ1n) is 10.6. The molecule has 3 aromatic carbocycles. The minimum Gasteiger partial charge on any atom is -0.494 e. The van der Waals surface area contributed by atoms with Crippen LogP contribution in [0.5, 0.6) is 11.5 Å². The molecule has 1 saturated carbocycles. The second-order valence-corrected chi connectivity index (χ2v) is 8.65. The van der Waals surface area contributed by atoms with E-state index < -0.39 is 34.8 Å². The third-order valence-corrected chi connectivity index (χ3v) is 6.82. The molecule has 2 aliphatic rings. The Balaban J connectivity index is 1.84. The van der Waals surface area contributed by atoms with Gasteiger partial charge in [-0.2, -0.15) is 0 Å². The van der Waals surface area contributed by atoms with Crippen LogP contribution in [-0.4, -0.2) is 28.6 Å². The van der Waals surface area contributed by atoms with Crippen LogP contribution >= 0.6 is 11.6 Å². The van der Waals surface area contributed by atoms with Crippen molar-refractivity contribution in [3.63, 3.8) is 0 Å². The second kappa shape index (κ2) is 7.61. The number of rotatable bonds is 5. The first-order valence-corrected chi connectivity index (χ1v) is 11.0. The SMILES string of the molecule is CCOc1ccc2c(c1)OC1(c3ccc(Cl)cc3)C(c3ccccc3)C(C(=O)O)C(=O)C21O. The van der Waals surface area contributed by atoms with Gasteiger partial charge in [0.2, 0.25) is 0 Å². The fourth-order valence-electron chi connectivity index (χ4n) is 5.29. The number of halogens is 1. The number of aliphatic carboxylic acids is 1. The van der Waals surface area contributed by atoms with E-state index in [1.807, 2.05) is 6.92 Å². The number of Topliss-reactive ketones (excluding diaryl/α,β-unsaturated/α-hetero) is 1. The summed E-state index contributed by atoms with van der Waals surface area (Å²) >= 11 is 6.12. The first kappa shape index (κ1) is 21.5. The van der Waals surface area contributed by atoms with Crippen LogP contribution in [0.2, 0.25) is 5.02 Å². The number of ketones is 1. The number of benzene rings is 3. The lowest BCUT2D eigenvalue weighted by Gasteiger charge is -2.39. The van der Waals surface area contributed by atoms with Crippen molar-refractivity contribution >= 4 is 23.4 Å². The Morgan fingerprint density at radius 1 is 1.09 bits per heavy atom. The number of aliphatic hydroxyl groups is 1. The summed E-state index contributed by atoms with van der Waals surface area (Å²) in [6.45, 7) is 2.27. The lowest BCUT2D eigenvalue weighted by molar-refractivity contribution is -0.154. The number of carbonyl (C=O) groups is 2. The Morgan fingerprint density at radius 3 is 2.42 bits per heavy atom. The van der Waals surface area contributed by atoms with E-state index in [1.54, 1.807) is 72.8 Å². The fraction of sp³-hybridized carbons (Fsp3) is 0.231. The Bertz CT molecular complexity index is 1240. The van der Waals surface area contributed by atoms with Gasteiger partial charge < -0.3 is 19.7 Å². The largest absolute Gasteiger partial charge is 0.494 e. The van der Waals surface area contributed by atoms with Gasteiger partial charge in [0.05, 0.1) is 12.5 Å². The molecule has 0 saturated heterocycles. The maximum atomic E-state index is 13.8. The van der Waals surface area contributed by atoms with Crippen molar-refractivity contribution < 1.29 is 29.3 Å². The Hall–Kier alpha value is -3.35. The molecule has 2 N–H and O–H groups in total. The average Bonchev–Trinajstić information content (AvgIpc) is 3.18. The van der Waals surface area contributed by atoms with E-state index >= 15 is 0 Å². The van der Waals surface area contributed by atoms with E-state index in [0.717, 1.165) is 0 Å². The van der Waals surface area contributed by atoms with Gasteiger partial charge in [-0.15, -0.1) is 0 Å². The number of carbonyl (C=O) groups excluding carboxylic acids is 1. The quantitative estimate of drug-likeness (QED) is 0.547. The number of hydrogen-bond acceptors (Lipinski definition) is 5. The molecule has 6 nitrogen and oxygen atoms in total. The molecule has 5 rings (SSSR count). The molecule has 7 heteroatoms. The third kappa shape index (κ3) is 2.84. The predicted octanol–water partition coefficient (Wildman–Crippen LogP) is 4.28. The van der Waals surface area contributed by atoms with Gasteiger partial charge in [0, 0.05) is 16.7 Å². The summed E-state index contributed by atoms with van der Waals surface area (Å²) in [5.74, 6) is -3.87. The lowest BCUT2D eigenvalue weighted by Crippen LogP contribution is -2.50.